The lowest BCUT2D eigenvalue weighted by atomic mass is 9.92. The lowest BCUT2D eigenvalue weighted by molar-refractivity contribution is -0.152. The Morgan fingerprint density at radius 3 is 2.79 bits per heavy atom. The van der Waals surface area contributed by atoms with Crippen LogP contribution in [0.25, 0.3) is 0 Å². The number of hydrogen-bond acceptors (Lipinski definition) is 6. The van der Waals surface area contributed by atoms with Gasteiger partial charge in [0.05, 0.1) is 25.4 Å². The molecule has 2 aliphatic heterocycles. The lowest BCUT2D eigenvalue weighted by Gasteiger charge is -2.24. The van der Waals surface area contributed by atoms with Crippen LogP contribution in [0.2, 0.25) is 0 Å². The minimum absolute atomic E-state index is 0.0464. The monoisotopic (exact) mass is 452 g/mol. The fourth-order valence-electron chi connectivity index (χ4n) is 4.49. The van der Waals surface area contributed by atoms with Crippen molar-refractivity contribution in [1.29, 1.82) is 0 Å². The van der Waals surface area contributed by atoms with Gasteiger partial charge in [0, 0.05) is 16.8 Å². The normalized spacial score (nSPS) is 20.0. The maximum absolute atomic E-state index is 14.3. The number of hydrogen-bond donors (Lipinski definition) is 1. The van der Waals surface area contributed by atoms with Crippen LogP contribution in [-0.4, -0.2) is 31.2 Å². The molecule has 0 radical (unpaired) electrons. The summed E-state index contributed by atoms with van der Waals surface area (Å²) >= 11 is 0. The first kappa shape index (κ1) is 21.1. The number of nitrogens with one attached hydrogen (secondary N) is 1. The number of carbonyl (C=O) groups is 3. The molecule has 0 fully saturated rings. The molecular weight excluding hydrogens is 431 g/mol. The molecule has 170 valence electrons. The summed E-state index contributed by atoms with van der Waals surface area (Å²) in [4.78, 5) is 38.8. The molecule has 2 aromatic carbocycles. The third kappa shape index (κ3) is 3.36. The van der Waals surface area contributed by atoms with E-state index in [-0.39, 0.29) is 32.5 Å². The number of rotatable bonds is 4. The Bertz CT molecular complexity index is 1240. The Hall–Kier alpha value is -3.72. The van der Waals surface area contributed by atoms with Gasteiger partial charge in [0.1, 0.15) is 17.0 Å². The molecule has 3 aliphatic rings. The molecule has 0 bridgehead atoms. The molecule has 8 nitrogen and oxygen atoms in total. The van der Waals surface area contributed by atoms with Crippen LogP contribution in [0.3, 0.4) is 0 Å². The minimum atomic E-state index is -0.993. The molecule has 1 aliphatic carbocycles. The number of halogens is 1. The molecular formula is C24H21FN2O6. The second-order valence-corrected chi connectivity index (χ2v) is 8.10. The van der Waals surface area contributed by atoms with Crippen LogP contribution in [0.5, 0.6) is 5.75 Å². The van der Waals surface area contributed by atoms with Crippen LogP contribution in [0.4, 0.5) is 15.8 Å². The van der Waals surface area contributed by atoms with E-state index in [4.69, 9.17) is 14.2 Å². The van der Waals surface area contributed by atoms with Gasteiger partial charge >= 0.3 is 11.9 Å². The molecule has 5 rings (SSSR count). The average molecular weight is 452 g/mol. The van der Waals surface area contributed by atoms with Gasteiger partial charge in [-0.25, -0.2) is 9.18 Å². The maximum Gasteiger partial charge on any atom is 0.397 e. The molecule has 0 saturated carbocycles. The first-order valence-electron chi connectivity index (χ1n) is 10.5. The zero-order chi connectivity index (χ0) is 23.3. The summed E-state index contributed by atoms with van der Waals surface area (Å²) in [5.41, 5.74) is 2.87. The topological polar surface area (TPSA) is 94.2 Å². The Labute approximate surface area is 188 Å². The Balaban J connectivity index is 1.50. The standard InChI is InChI=1S/C24H21FN2O6/c1-3-32-22(29)21(28)26-17-4-5-18-19(8-17)27(23(30)24(18)9-13(24)2)10-14-6-16(25)7-15-11-31-12-33-20(14)15/h4-9H,3,10-12H2,1-2H3,(H,26,28). The quantitative estimate of drug-likeness (QED) is 0.436. The third-order valence-corrected chi connectivity index (χ3v) is 6.07. The molecule has 1 spiro atoms. The summed E-state index contributed by atoms with van der Waals surface area (Å²) in [7, 11) is 0. The molecule has 1 unspecified atom stereocenters. The van der Waals surface area contributed by atoms with E-state index in [1.807, 2.05) is 13.0 Å². The van der Waals surface area contributed by atoms with Crippen molar-refractivity contribution in [2.45, 2.75) is 32.4 Å². The highest BCUT2D eigenvalue weighted by Gasteiger charge is 2.58. The van der Waals surface area contributed by atoms with Crippen LogP contribution in [0, 0.1) is 5.82 Å². The van der Waals surface area contributed by atoms with Crippen molar-refractivity contribution in [1.82, 2.24) is 0 Å². The number of esters is 1. The smallest absolute Gasteiger partial charge is 0.397 e. The molecule has 33 heavy (non-hydrogen) atoms. The minimum Gasteiger partial charge on any atom is -0.467 e. The number of carbonyl (C=O) groups excluding carboxylic acids is 3. The van der Waals surface area contributed by atoms with E-state index >= 15 is 0 Å². The number of ether oxygens (including phenoxy) is 3. The third-order valence-electron chi connectivity index (χ3n) is 6.07. The molecule has 2 aromatic rings. The largest absolute Gasteiger partial charge is 0.467 e. The van der Waals surface area contributed by atoms with Crippen LogP contribution < -0.4 is 15.0 Å². The first-order valence-corrected chi connectivity index (χ1v) is 10.5. The predicted molar refractivity (Wildman–Crippen MR) is 115 cm³/mol. The first-order chi connectivity index (χ1) is 15.8. The zero-order valence-electron chi connectivity index (χ0n) is 18.1. The molecule has 9 heteroatoms. The van der Waals surface area contributed by atoms with Crippen molar-refractivity contribution in [2.75, 3.05) is 23.6 Å². The van der Waals surface area contributed by atoms with Crippen molar-refractivity contribution in [2.24, 2.45) is 0 Å². The van der Waals surface area contributed by atoms with E-state index in [0.717, 1.165) is 11.1 Å². The molecule has 0 aromatic heterocycles. The summed E-state index contributed by atoms with van der Waals surface area (Å²) in [5, 5.41) is 2.50. The lowest BCUT2D eigenvalue weighted by Crippen LogP contribution is -2.33. The molecule has 2 amide bonds. The van der Waals surface area contributed by atoms with Gasteiger partial charge in [0.15, 0.2) is 6.79 Å². The van der Waals surface area contributed by atoms with E-state index in [1.54, 1.807) is 30.0 Å². The van der Waals surface area contributed by atoms with Crippen LogP contribution in [0.15, 0.2) is 42.0 Å². The SMILES string of the molecule is CCOC(=O)C(=O)Nc1ccc2c(c1)N(Cc1cc(F)cc3c1OCOC3)C(=O)C21C=C1C. The van der Waals surface area contributed by atoms with Crippen LogP contribution in [-0.2, 0) is 42.4 Å². The van der Waals surface area contributed by atoms with Crippen molar-refractivity contribution < 1.29 is 33.0 Å². The highest BCUT2D eigenvalue weighted by Crippen LogP contribution is 2.56. The average Bonchev–Trinajstić information content (AvgIpc) is 3.42. The molecule has 1 N–H and O–H groups in total. The van der Waals surface area contributed by atoms with Gasteiger partial charge in [-0.2, -0.15) is 0 Å². The number of fused-ring (bicyclic) bond motifs is 3. The van der Waals surface area contributed by atoms with E-state index < -0.39 is 23.1 Å². The highest BCUT2D eigenvalue weighted by molar-refractivity contribution is 6.37. The van der Waals surface area contributed by atoms with Crippen molar-refractivity contribution in [3.05, 3.63) is 64.5 Å². The summed E-state index contributed by atoms with van der Waals surface area (Å²) in [6.07, 6.45) is 1.89. The van der Waals surface area contributed by atoms with Crippen molar-refractivity contribution in [3.8, 4) is 5.75 Å². The summed E-state index contributed by atoms with van der Waals surface area (Å²) in [6, 6.07) is 7.73. The summed E-state index contributed by atoms with van der Waals surface area (Å²) in [6.45, 7) is 3.91. The molecule has 2 heterocycles. The van der Waals surface area contributed by atoms with Gasteiger partial charge < -0.3 is 24.4 Å². The van der Waals surface area contributed by atoms with Gasteiger partial charge in [-0.05, 0) is 43.7 Å². The second kappa shape index (κ2) is 7.70. The fraction of sp³-hybridized carbons (Fsp3) is 0.292. The van der Waals surface area contributed by atoms with E-state index in [2.05, 4.69) is 5.32 Å². The van der Waals surface area contributed by atoms with E-state index in [1.165, 1.54) is 12.1 Å². The number of nitrogens with zero attached hydrogens (tertiary/aromatic N) is 1. The van der Waals surface area contributed by atoms with Crippen LogP contribution >= 0.6 is 0 Å². The van der Waals surface area contributed by atoms with Gasteiger partial charge in [0.25, 0.3) is 0 Å². The van der Waals surface area contributed by atoms with Gasteiger partial charge in [-0.15, -0.1) is 0 Å². The van der Waals surface area contributed by atoms with Gasteiger partial charge in [0.2, 0.25) is 5.91 Å². The Kier molecular flexibility index (Phi) is 4.93. The highest BCUT2D eigenvalue weighted by atomic mass is 19.1. The van der Waals surface area contributed by atoms with E-state index in [9.17, 15) is 18.8 Å². The van der Waals surface area contributed by atoms with E-state index in [0.29, 0.717) is 28.3 Å². The molecule has 1 atom stereocenters. The number of benzene rings is 2. The van der Waals surface area contributed by atoms with Gasteiger partial charge in [-0.3, -0.25) is 9.59 Å². The zero-order valence-corrected chi connectivity index (χ0v) is 18.1. The number of anilines is 2. The fourth-order valence-corrected chi connectivity index (χ4v) is 4.49. The number of amides is 2. The molecule has 0 saturated heterocycles. The Morgan fingerprint density at radius 1 is 1.27 bits per heavy atom. The Morgan fingerprint density at radius 2 is 2.06 bits per heavy atom. The van der Waals surface area contributed by atoms with Crippen LogP contribution in [0.1, 0.15) is 30.5 Å². The summed E-state index contributed by atoms with van der Waals surface area (Å²) in [5.74, 6) is -2.00. The van der Waals surface area contributed by atoms with Crippen molar-refractivity contribution in [3.63, 3.8) is 0 Å². The second-order valence-electron chi connectivity index (χ2n) is 8.10. The van der Waals surface area contributed by atoms with Crippen molar-refractivity contribution >= 4 is 29.2 Å². The summed E-state index contributed by atoms with van der Waals surface area (Å²) < 4.78 is 29.9. The predicted octanol–water partition coefficient (Wildman–Crippen LogP) is 2.94. The maximum atomic E-state index is 14.3. The van der Waals surface area contributed by atoms with Gasteiger partial charge in [-0.1, -0.05) is 17.7 Å².